The molecule has 1 aromatic carbocycles. The summed E-state index contributed by atoms with van der Waals surface area (Å²) >= 11 is 7.00. The van der Waals surface area contributed by atoms with Crippen molar-refractivity contribution in [3.63, 3.8) is 0 Å². The Balaban J connectivity index is 1.88. The van der Waals surface area contributed by atoms with Crippen LogP contribution in [-0.4, -0.2) is 22.7 Å². The number of hydrogen-bond donors (Lipinski definition) is 2. The van der Waals surface area contributed by atoms with Crippen LogP contribution in [0.5, 0.6) is 0 Å². The fourth-order valence-electron chi connectivity index (χ4n) is 3.05. The van der Waals surface area contributed by atoms with Gasteiger partial charge < -0.3 is 15.4 Å². The van der Waals surface area contributed by atoms with E-state index in [0.29, 0.717) is 22.3 Å². The van der Waals surface area contributed by atoms with Crippen LogP contribution in [0.15, 0.2) is 54.9 Å². The largest absolute Gasteiger partial charge is 0.462 e. The molecule has 150 valence electrons. The quantitative estimate of drug-likeness (QED) is 0.410. The zero-order valence-corrected chi connectivity index (χ0v) is 18.2. The molecular formula is C22H23N3O2S2. The van der Waals surface area contributed by atoms with E-state index in [1.54, 1.807) is 19.3 Å². The molecule has 0 amide bonds. The molecule has 0 radical (unpaired) electrons. The Hall–Kier alpha value is -2.77. The fourth-order valence-corrected chi connectivity index (χ4v) is 4.47. The lowest BCUT2D eigenvalue weighted by Gasteiger charge is -2.17. The summed E-state index contributed by atoms with van der Waals surface area (Å²) < 4.78 is 5.33. The number of nitrogens with zero attached hydrogens (tertiary/aromatic N) is 1. The first kappa shape index (κ1) is 21.0. The SMILES string of the molecule is CCOC(=O)c1c(NC(=S)NC(C)c2ccncc2)sc(C)c1-c1ccccc1. The molecule has 0 saturated heterocycles. The molecule has 7 heteroatoms. The van der Waals surface area contributed by atoms with Crippen molar-refractivity contribution in [1.82, 2.24) is 10.3 Å². The van der Waals surface area contributed by atoms with Crippen LogP contribution in [0.3, 0.4) is 0 Å². The summed E-state index contributed by atoms with van der Waals surface area (Å²) in [6.45, 7) is 6.12. The summed E-state index contributed by atoms with van der Waals surface area (Å²) in [4.78, 5) is 17.8. The number of pyridine rings is 1. The molecule has 0 aliphatic heterocycles. The molecular weight excluding hydrogens is 402 g/mol. The maximum atomic E-state index is 12.8. The maximum absolute atomic E-state index is 12.8. The van der Waals surface area contributed by atoms with E-state index in [-0.39, 0.29) is 12.0 Å². The number of thiophene rings is 1. The molecule has 0 fully saturated rings. The highest BCUT2D eigenvalue weighted by Crippen LogP contribution is 2.40. The maximum Gasteiger partial charge on any atom is 0.341 e. The van der Waals surface area contributed by atoms with Crippen LogP contribution >= 0.6 is 23.6 Å². The van der Waals surface area contributed by atoms with Crippen LogP contribution in [-0.2, 0) is 4.74 Å². The fraction of sp³-hybridized carbons (Fsp3) is 0.227. The Bertz CT molecular complexity index is 988. The van der Waals surface area contributed by atoms with E-state index in [4.69, 9.17) is 17.0 Å². The van der Waals surface area contributed by atoms with Gasteiger partial charge in [0, 0.05) is 22.8 Å². The molecule has 1 unspecified atom stereocenters. The molecule has 5 nitrogen and oxygen atoms in total. The first-order valence-corrected chi connectivity index (χ1v) is 10.6. The second kappa shape index (κ2) is 9.62. The van der Waals surface area contributed by atoms with Gasteiger partial charge in [0.15, 0.2) is 5.11 Å². The van der Waals surface area contributed by atoms with E-state index in [1.807, 2.05) is 56.3 Å². The van der Waals surface area contributed by atoms with Crippen LogP contribution in [0.2, 0.25) is 0 Å². The van der Waals surface area contributed by atoms with E-state index in [9.17, 15) is 4.79 Å². The van der Waals surface area contributed by atoms with Crippen molar-refractivity contribution >= 4 is 39.6 Å². The van der Waals surface area contributed by atoms with Crippen LogP contribution in [0.25, 0.3) is 11.1 Å². The van der Waals surface area contributed by atoms with E-state index in [2.05, 4.69) is 15.6 Å². The minimum Gasteiger partial charge on any atom is -0.462 e. The van der Waals surface area contributed by atoms with Gasteiger partial charge in [-0.3, -0.25) is 4.98 Å². The zero-order valence-electron chi connectivity index (χ0n) is 16.6. The summed E-state index contributed by atoms with van der Waals surface area (Å²) in [6, 6.07) is 13.7. The summed E-state index contributed by atoms with van der Waals surface area (Å²) in [5.74, 6) is -0.358. The van der Waals surface area contributed by atoms with Gasteiger partial charge in [-0.1, -0.05) is 30.3 Å². The number of carbonyl (C=O) groups excluding carboxylic acids is 1. The highest BCUT2D eigenvalue weighted by atomic mass is 32.1. The predicted molar refractivity (Wildman–Crippen MR) is 122 cm³/mol. The lowest BCUT2D eigenvalue weighted by Crippen LogP contribution is -2.31. The molecule has 3 rings (SSSR count). The molecule has 0 spiro atoms. The smallest absolute Gasteiger partial charge is 0.341 e. The first-order valence-electron chi connectivity index (χ1n) is 9.34. The average molecular weight is 426 g/mol. The Labute approximate surface area is 180 Å². The van der Waals surface area contributed by atoms with Gasteiger partial charge in [0.05, 0.1) is 12.6 Å². The molecule has 2 heterocycles. The van der Waals surface area contributed by atoms with Gasteiger partial charge in [0.25, 0.3) is 0 Å². The number of ether oxygens (including phenoxy) is 1. The third-order valence-electron chi connectivity index (χ3n) is 4.41. The first-order chi connectivity index (χ1) is 14.0. The molecule has 2 N–H and O–H groups in total. The molecule has 3 aromatic rings. The third-order valence-corrected chi connectivity index (χ3v) is 5.65. The molecule has 29 heavy (non-hydrogen) atoms. The van der Waals surface area contributed by atoms with Crippen molar-refractivity contribution in [2.24, 2.45) is 0 Å². The van der Waals surface area contributed by atoms with Gasteiger partial charge in [0.2, 0.25) is 0 Å². The summed E-state index contributed by atoms with van der Waals surface area (Å²) in [6.07, 6.45) is 3.50. The van der Waals surface area contributed by atoms with Crippen LogP contribution in [0, 0.1) is 6.92 Å². The zero-order chi connectivity index (χ0) is 20.8. The molecule has 0 bridgehead atoms. The van der Waals surface area contributed by atoms with Crippen LogP contribution in [0.4, 0.5) is 5.00 Å². The number of rotatable bonds is 6. The van der Waals surface area contributed by atoms with E-state index >= 15 is 0 Å². The van der Waals surface area contributed by atoms with Crippen molar-refractivity contribution in [2.75, 3.05) is 11.9 Å². The number of anilines is 1. The Kier molecular flexibility index (Phi) is 6.95. The van der Waals surface area contributed by atoms with E-state index in [1.165, 1.54) is 11.3 Å². The second-order valence-electron chi connectivity index (χ2n) is 6.42. The molecule has 0 aliphatic rings. The number of aryl methyl sites for hydroxylation is 1. The van der Waals surface area contributed by atoms with Crippen LogP contribution in [0.1, 0.15) is 40.7 Å². The Morgan fingerprint density at radius 3 is 2.55 bits per heavy atom. The monoisotopic (exact) mass is 425 g/mol. The van der Waals surface area contributed by atoms with E-state index < -0.39 is 0 Å². The molecule has 2 aromatic heterocycles. The summed E-state index contributed by atoms with van der Waals surface area (Å²) in [7, 11) is 0. The average Bonchev–Trinajstić information content (AvgIpc) is 3.05. The standard InChI is InChI=1S/C22H23N3O2S2/c1-4-27-21(26)19-18(17-8-6-5-7-9-17)15(3)29-20(19)25-22(28)24-14(2)16-10-12-23-13-11-16/h5-14H,4H2,1-3H3,(H2,24,25,28). The van der Waals surface area contributed by atoms with Gasteiger partial charge in [-0.25, -0.2) is 4.79 Å². The van der Waals surface area contributed by atoms with Crippen molar-refractivity contribution in [3.05, 3.63) is 70.9 Å². The number of hydrogen-bond acceptors (Lipinski definition) is 5. The number of aromatic nitrogens is 1. The molecule has 1 atom stereocenters. The predicted octanol–water partition coefficient (Wildman–Crippen LogP) is 5.34. The number of thiocarbonyl (C=S) groups is 1. The van der Waals surface area contributed by atoms with Crippen molar-refractivity contribution in [2.45, 2.75) is 26.8 Å². The molecule has 0 aliphatic carbocycles. The summed E-state index contributed by atoms with van der Waals surface area (Å²) in [5, 5.41) is 7.59. The van der Waals surface area contributed by atoms with Gasteiger partial charge in [0.1, 0.15) is 10.6 Å². The minimum atomic E-state index is -0.358. The van der Waals surface area contributed by atoms with Gasteiger partial charge in [-0.2, -0.15) is 0 Å². The summed E-state index contributed by atoms with van der Waals surface area (Å²) in [5.41, 5.74) is 3.44. The molecule has 0 saturated carbocycles. The van der Waals surface area contributed by atoms with Gasteiger partial charge >= 0.3 is 5.97 Å². The number of benzene rings is 1. The van der Waals surface area contributed by atoms with E-state index in [0.717, 1.165) is 21.6 Å². The third kappa shape index (κ3) is 4.99. The highest BCUT2D eigenvalue weighted by molar-refractivity contribution is 7.80. The number of esters is 1. The lowest BCUT2D eigenvalue weighted by atomic mass is 10.0. The van der Waals surface area contributed by atoms with Crippen molar-refractivity contribution < 1.29 is 9.53 Å². The van der Waals surface area contributed by atoms with Gasteiger partial charge in [-0.15, -0.1) is 11.3 Å². The highest BCUT2D eigenvalue weighted by Gasteiger charge is 2.25. The Morgan fingerprint density at radius 1 is 1.21 bits per heavy atom. The van der Waals surface area contributed by atoms with Gasteiger partial charge in [-0.05, 0) is 56.2 Å². The van der Waals surface area contributed by atoms with Crippen molar-refractivity contribution in [1.29, 1.82) is 0 Å². The van der Waals surface area contributed by atoms with Crippen LogP contribution < -0.4 is 10.6 Å². The Morgan fingerprint density at radius 2 is 1.90 bits per heavy atom. The normalized spacial score (nSPS) is 11.6. The topological polar surface area (TPSA) is 63.2 Å². The second-order valence-corrected chi connectivity index (χ2v) is 8.06. The number of carbonyl (C=O) groups is 1. The lowest BCUT2D eigenvalue weighted by molar-refractivity contribution is 0.0529. The number of nitrogens with one attached hydrogen (secondary N) is 2. The minimum absolute atomic E-state index is 0.00121. The van der Waals surface area contributed by atoms with Crippen molar-refractivity contribution in [3.8, 4) is 11.1 Å².